The Kier molecular flexibility index (Phi) is 6.85. The molecule has 0 aliphatic heterocycles. The summed E-state index contributed by atoms with van der Waals surface area (Å²) in [6.45, 7) is 2.48. The van der Waals surface area contributed by atoms with Gasteiger partial charge in [0.25, 0.3) is 5.91 Å². The van der Waals surface area contributed by atoms with Crippen molar-refractivity contribution in [1.29, 1.82) is 0 Å². The molecule has 0 atom stereocenters. The van der Waals surface area contributed by atoms with Gasteiger partial charge in [0.05, 0.1) is 12.2 Å². The van der Waals surface area contributed by atoms with Crippen molar-refractivity contribution < 1.29 is 13.9 Å². The van der Waals surface area contributed by atoms with E-state index in [9.17, 15) is 9.18 Å². The molecule has 0 fully saturated rings. The monoisotopic (exact) mass is 318 g/mol. The SMILES string of the molecule is COCCNCCNC(=O)c1cc(F)ccc1Br. The third-order valence-electron chi connectivity index (χ3n) is 2.24. The first kappa shape index (κ1) is 15.1. The number of ether oxygens (including phenoxy) is 1. The molecule has 0 bridgehead atoms. The van der Waals surface area contributed by atoms with Crippen molar-refractivity contribution in [1.82, 2.24) is 10.6 Å². The molecule has 2 N–H and O–H groups in total. The lowest BCUT2D eigenvalue weighted by Crippen LogP contribution is -2.33. The van der Waals surface area contributed by atoms with Crippen LogP contribution in [0.4, 0.5) is 4.39 Å². The molecular formula is C12H16BrFN2O2. The Labute approximate surface area is 114 Å². The summed E-state index contributed by atoms with van der Waals surface area (Å²) in [7, 11) is 1.63. The molecular weight excluding hydrogens is 303 g/mol. The van der Waals surface area contributed by atoms with Crippen LogP contribution < -0.4 is 10.6 Å². The van der Waals surface area contributed by atoms with Gasteiger partial charge in [0, 0.05) is 31.2 Å². The quantitative estimate of drug-likeness (QED) is 0.750. The Morgan fingerprint density at radius 3 is 2.89 bits per heavy atom. The van der Waals surface area contributed by atoms with E-state index < -0.39 is 5.82 Å². The van der Waals surface area contributed by atoms with E-state index in [4.69, 9.17) is 4.74 Å². The zero-order valence-electron chi connectivity index (χ0n) is 10.1. The third kappa shape index (κ3) is 5.12. The maximum atomic E-state index is 13.0. The molecule has 4 nitrogen and oxygen atoms in total. The van der Waals surface area contributed by atoms with Gasteiger partial charge >= 0.3 is 0 Å². The Morgan fingerprint density at radius 2 is 2.17 bits per heavy atom. The highest BCUT2D eigenvalue weighted by Crippen LogP contribution is 2.17. The maximum Gasteiger partial charge on any atom is 0.252 e. The second-order valence-corrected chi connectivity index (χ2v) is 4.48. The van der Waals surface area contributed by atoms with E-state index in [1.807, 2.05) is 0 Å². The second-order valence-electron chi connectivity index (χ2n) is 3.62. The molecule has 0 heterocycles. The molecule has 1 rings (SSSR count). The van der Waals surface area contributed by atoms with E-state index in [2.05, 4.69) is 26.6 Å². The Balaban J connectivity index is 2.34. The molecule has 0 saturated carbocycles. The first-order valence-electron chi connectivity index (χ1n) is 5.58. The van der Waals surface area contributed by atoms with Crippen LogP contribution in [0.2, 0.25) is 0 Å². The highest BCUT2D eigenvalue weighted by molar-refractivity contribution is 9.10. The van der Waals surface area contributed by atoms with Gasteiger partial charge in [-0.15, -0.1) is 0 Å². The van der Waals surface area contributed by atoms with Gasteiger partial charge in [-0.2, -0.15) is 0 Å². The van der Waals surface area contributed by atoms with Gasteiger partial charge in [0.15, 0.2) is 0 Å². The van der Waals surface area contributed by atoms with Gasteiger partial charge in [0.1, 0.15) is 5.82 Å². The molecule has 0 aliphatic rings. The normalized spacial score (nSPS) is 10.4. The zero-order valence-corrected chi connectivity index (χ0v) is 11.7. The van der Waals surface area contributed by atoms with E-state index >= 15 is 0 Å². The molecule has 0 unspecified atom stereocenters. The van der Waals surface area contributed by atoms with Crippen molar-refractivity contribution >= 4 is 21.8 Å². The first-order valence-corrected chi connectivity index (χ1v) is 6.37. The average molecular weight is 319 g/mol. The molecule has 18 heavy (non-hydrogen) atoms. The van der Waals surface area contributed by atoms with Gasteiger partial charge in [-0.1, -0.05) is 0 Å². The fourth-order valence-corrected chi connectivity index (χ4v) is 1.76. The van der Waals surface area contributed by atoms with Gasteiger partial charge in [0.2, 0.25) is 0 Å². The topological polar surface area (TPSA) is 50.4 Å². The molecule has 0 radical (unpaired) electrons. The Bertz CT molecular complexity index is 402. The molecule has 0 aromatic heterocycles. The number of halogens is 2. The van der Waals surface area contributed by atoms with Crippen LogP contribution in [0.25, 0.3) is 0 Å². The molecule has 0 spiro atoms. The van der Waals surface area contributed by atoms with E-state index in [1.54, 1.807) is 7.11 Å². The van der Waals surface area contributed by atoms with Crippen LogP contribution in [-0.2, 0) is 4.74 Å². The fourth-order valence-electron chi connectivity index (χ4n) is 1.33. The van der Waals surface area contributed by atoms with Crippen molar-refractivity contribution in [3.8, 4) is 0 Å². The lowest BCUT2D eigenvalue weighted by Gasteiger charge is -2.08. The number of carbonyl (C=O) groups is 1. The smallest absolute Gasteiger partial charge is 0.252 e. The summed E-state index contributed by atoms with van der Waals surface area (Å²) in [5, 5.41) is 5.80. The van der Waals surface area contributed by atoms with Crippen molar-refractivity contribution in [2.24, 2.45) is 0 Å². The number of nitrogens with one attached hydrogen (secondary N) is 2. The van der Waals surface area contributed by atoms with E-state index in [0.29, 0.717) is 29.7 Å². The Hall–Kier alpha value is -0.980. The average Bonchev–Trinajstić information content (AvgIpc) is 2.36. The highest BCUT2D eigenvalue weighted by Gasteiger charge is 2.10. The highest BCUT2D eigenvalue weighted by atomic mass is 79.9. The summed E-state index contributed by atoms with van der Waals surface area (Å²) in [5.41, 5.74) is 0.298. The third-order valence-corrected chi connectivity index (χ3v) is 2.93. The minimum Gasteiger partial charge on any atom is -0.383 e. The van der Waals surface area contributed by atoms with Crippen LogP contribution in [0.15, 0.2) is 22.7 Å². The summed E-state index contributed by atoms with van der Waals surface area (Å²) in [5.74, 6) is -0.725. The Morgan fingerprint density at radius 1 is 1.39 bits per heavy atom. The first-order chi connectivity index (χ1) is 8.65. The van der Waals surface area contributed by atoms with Crippen LogP contribution in [0.5, 0.6) is 0 Å². The maximum absolute atomic E-state index is 13.0. The summed E-state index contributed by atoms with van der Waals surface area (Å²) >= 11 is 3.21. The van der Waals surface area contributed by atoms with Crippen molar-refractivity contribution in [3.63, 3.8) is 0 Å². The predicted molar refractivity (Wildman–Crippen MR) is 71.2 cm³/mol. The predicted octanol–water partition coefficient (Wildman–Crippen LogP) is 1.55. The lowest BCUT2D eigenvalue weighted by atomic mass is 10.2. The number of methoxy groups -OCH3 is 1. The largest absolute Gasteiger partial charge is 0.383 e. The molecule has 0 aliphatic carbocycles. The standard InChI is InChI=1S/C12H16BrFN2O2/c1-18-7-6-15-4-5-16-12(17)10-8-9(14)2-3-11(10)13/h2-3,8,15H,4-7H2,1H3,(H,16,17). The minimum absolute atomic E-state index is 0.296. The molecule has 1 aromatic carbocycles. The van der Waals surface area contributed by atoms with Crippen LogP contribution in [0.1, 0.15) is 10.4 Å². The number of benzene rings is 1. The fraction of sp³-hybridized carbons (Fsp3) is 0.417. The minimum atomic E-state index is -0.429. The van der Waals surface area contributed by atoms with E-state index in [1.165, 1.54) is 18.2 Å². The van der Waals surface area contributed by atoms with Gasteiger partial charge in [-0.05, 0) is 34.1 Å². The number of amides is 1. The van der Waals surface area contributed by atoms with Crippen LogP contribution in [0, 0.1) is 5.82 Å². The zero-order chi connectivity index (χ0) is 13.4. The van der Waals surface area contributed by atoms with Crippen LogP contribution >= 0.6 is 15.9 Å². The van der Waals surface area contributed by atoms with Crippen molar-refractivity contribution in [2.45, 2.75) is 0 Å². The van der Waals surface area contributed by atoms with Crippen molar-refractivity contribution in [2.75, 3.05) is 33.4 Å². The molecule has 0 saturated heterocycles. The number of carbonyl (C=O) groups excluding carboxylic acids is 1. The van der Waals surface area contributed by atoms with Crippen molar-refractivity contribution in [3.05, 3.63) is 34.1 Å². The summed E-state index contributed by atoms with van der Waals surface area (Å²) in [6, 6.07) is 4.02. The molecule has 1 amide bonds. The summed E-state index contributed by atoms with van der Waals surface area (Å²) in [4.78, 5) is 11.7. The summed E-state index contributed by atoms with van der Waals surface area (Å²) in [6.07, 6.45) is 0. The molecule has 6 heteroatoms. The molecule has 1 aromatic rings. The van der Waals surface area contributed by atoms with Crippen LogP contribution in [0.3, 0.4) is 0 Å². The second kappa shape index (κ2) is 8.18. The number of hydrogen-bond donors (Lipinski definition) is 2. The van der Waals surface area contributed by atoms with E-state index in [-0.39, 0.29) is 5.91 Å². The van der Waals surface area contributed by atoms with Gasteiger partial charge in [-0.3, -0.25) is 4.79 Å². The number of hydrogen-bond acceptors (Lipinski definition) is 3. The van der Waals surface area contributed by atoms with E-state index in [0.717, 1.165) is 6.54 Å². The van der Waals surface area contributed by atoms with Gasteiger partial charge in [-0.25, -0.2) is 4.39 Å². The summed E-state index contributed by atoms with van der Waals surface area (Å²) < 4.78 is 18.5. The number of rotatable bonds is 7. The van der Waals surface area contributed by atoms with Gasteiger partial charge < -0.3 is 15.4 Å². The lowest BCUT2D eigenvalue weighted by molar-refractivity contribution is 0.0952. The van der Waals surface area contributed by atoms with Crippen LogP contribution in [-0.4, -0.2) is 39.3 Å². The molecule has 100 valence electrons.